The highest BCUT2D eigenvalue weighted by molar-refractivity contribution is 5.88. The molecule has 1 aliphatic carbocycles. The lowest BCUT2D eigenvalue weighted by Crippen LogP contribution is -2.60. The molecule has 1 N–H and O–H groups in total. The van der Waals surface area contributed by atoms with Crippen molar-refractivity contribution >= 4 is 16.9 Å². The van der Waals surface area contributed by atoms with Crippen LogP contribution in [0.15, 0.2) is 24.7 Å². The number of pyridine rings is 1. The fourth-order valence-corrected chi connectivity index (χ4v) is 5.50. The second-order valence-electron chi connectivity index (χ2n) is 8.70. The SMILES string of the molecule is Cn1cc(-c2nc3c(N4CC5CC[C@@H](C4)N5C4CC(C#N)C4)ccnc3[nH]2)cn1. The van der Waals surface area contributed by atoms with Crippen LogP contribution in [0.1, 0.15) is 25.7 Å². The molecular formula is C21H24N8. The van der Waals surface area contributed by atoms with Crippen molar-refractivity contribution in [3.05, 3.63) is 24.7 Å². The van der Waals surface area contributed by atoms with Gasteiger partial charge in [-0.2, -0.15) is 10.4 Å². The third-order valence-corrected chi connectivity index (χ3v) is 6.94. The van der Waals surface area contributed by atoms with Crippen molar-refractivity contribution in [3.8, 4) is 17.5 Å². The normalized spacial score (nSPS) is 29.2. The van der Waals surface area contributed by atoms with Crippen LogP contribution in [0.25, 0.3) is 22.6 Å². The summed E-state index contributed by atoms with van der Waals surface area (Å²) in [5.41, 5.74) is 3.90. The number of rotatable bonds is 3. The molecule has 2 saturated heterocycles. The molecule has 3 aliphatic rings. The zero-order chi connectivity index (χ0) is 19.5. The fraction of sp³-hybridized carbons (Fsp3) is 0.524. The summed E-state index contributed by atoms with van der Waals surface area (Å²) in [6.45, 7) is 2.05. The maximum atomic E-state index is 9.13. The van der Waals surface area contributed by atoms with Crippen molar-refractivity contribution in [2.24, 2.45) is 13.0 Å². The number of hydrogen-bond acceptors (Lipinski definition) is 6. The van der Waals surface area contributed by atoms with Crippen molar-refractivity contribution in [1.29, 1.82) is 5.26 Å². The highest BCUT2D eigenvalue weighted by Gasteiger charge is 2.47. The van der Waals surface area contributed by atoms with Gasteiger partial charge >= 0.3 is 0 Å². The topological polar surface area (TPSA) is 89.7 Å². The summed E-state index contributed by atoms with van der Waals surface area (Å²) < 4.78 is 1.78. The van der Waals surface area contributed by atoms with E-state index in [0.717, 1.165) is 48.5 Å². The Kier molecular flexibility index (Phi) is 3.68. The lowest BCUT2D eigenvalue weighted by molar-refractivity contribution is 0.0439. The van der Waals surface area contributed by atoms with Crippen LogP contribution in [-0.4, -0.2) is 60.8 Å². The molecule has 2 atom stereocenters. The fourth-order valence-electron chi connectivity index (χ4n) is 5.50. The van der Waals surface area contributed by atoms with Gasteiger partial charge in [0.2, 0.25) is 0 Å². The van der Waals surface area contributed by atoms with Gasteiger partial charge in [-0.3, -0.25) is 9.58 Å². The molecule has 2 bridgehead atoms. The average molecular weight is 388 g/mol. The highest BCUT2D eigenvalue weighted by atomic mass is 15.3. The van der Waals surface area contributed by atoms with Gasteiger partial charge in [0, 0.05) is 56.6 Å². The summed E-state index contributed by atoms with van der Waals surface area (Å²) in [5, 5.41) is 13.4. The molecule has 0 radical (unpaired) electrons. The van der Waals surface area contributed by atoms with Gasteiger partial charge in [-0.1, -0.05) is 0 Å². The predicted octanol–water partition coefficient (Wildman–Crippen LogP) is 2.31. The van der Waals surface area contributed by atoms with E-state index in [-0.39, 0.29) is 5.92 Å². The van der Waals surface area contributed by atoms with E-state index in [2.05, 4.69) is 37.0 Å². The van der Waals surface area contributed by atoms with Gasteiger partial charge in [0.05, 0.1) is 23.5 Å². The number of aromatic nitrogens is 5. The lowest BCUT2D eigenvalue weighted by atomic mass is 9.79. The summed E-state index contributed by atoms with van der Waals surface area (Å²) >= 11 is 0. The third-order valence-electron chi connectivity index (χ3n) is 6.94. The number of nitrogens with zero attached hydrogens (tertiary/aromatic N) is 7. The van der Waals surface area contributed by atoms with Crippen LogP contribution < -0.4 is 4.90 Å². The molecule has 0 amide bonds. The first kappa shape index (κ1) is 17.0. The largest absolute Gasteiger partial charge is 0.366 e. The molecular weight excluding hydrogens is 364 g/mol. The first-order valence-corrected chi connectivity index (χ1v) is 10.5. The average Bonchev–Trinajstić information content (AvgIpc) is 3.37. The number of piperazine rings is 1. The maximum Gasteiger partial charge on any atom is 0.159 e. The van der Waals surface area contributed by atoms with Crippen molar-refractivity contribution in [2.45, 2.75) is 43.8 Å². The molecule has 2 aliphatic heterocycles. The van der Waals surface area contributed by atoms with E-state index in [0.29, 0.717) is 18.1 Å². The Morgan fingerprint density at radius 3 is 2.66 bits per heavy atom. The number of anilines is 1. The number of H-pyrrole nitrogens is 1. The minimum Gasteiger partial charge on any atom is -0.366 e. The Labute approximate surface area is 169 Å². The van der Waals surface area contributed by atoms with E-state index in [1.165, 1.54) is 18.5 Å². The van der Waals surface area contributed by atoms with Gasteiger partial charge in [-0.25, -0.2) is 9.97 Å². The number of hydrogen-bond donors (Lipinski definition) is 1. The molecule has 0 aromatic carbocycles. The second-order valence-corrected chi connectivity index (χ2v) is 8.70. The Bertz CT molecular complexity index is 1090. The molecule has 6 rings (SSSR count). The first-order valence-electron chi connectivity index (χ1n) is 10.5. The number of aryl methyl sites for hydroxylation is 1. The summed E-state index contributed by atoms with van der Waals surface area (Å²) in [5.74, 6) is 1.08. The van der Waals surface area contributed by atoms with Crippen molar-refractivity contribution in [2.75, 3.05) is 18.0 Å². The molecule has 3 aromatic heterocycles. The van der Waals surface area contributed by atoms with Crippen LogP contribution in [0.5, 0.6) is 0 Å². The standard InChI is InChI=1S/C21H24N8/c1-27-10-14(9-24-27)20-25-19-18(4-5-23-21(19)26-20)28-11-15-2-3-16(12-28)29(15)17-6-13(7-17)8-22/h4-5,9-10,13,15-17H,2-3,6-7,11-12H2,1H3,(H,23,25,26)/t13?,15-,16?,17?/m0/s1. The number of fused-ring (bicyclic) bond motifs is 3. The van der Waals surface area contributed by atoms with Gasteiger partial charge in [0.15, 0.2) is 5.65 Å². The van der Waals surface area contributed by atoms with Crippen molar-refractivity contribution < 1.29 is 0 Å². The molecule has 29 heavy (non-hydrogen) atoms. The Balaban J connectivity index is 1.28. The number of aromatic amines is 1. The Morgan fingerprint density at radius 1 is 1.17 bits per heavy atom. The molecule has 8 nitrogen and oxygen atoms in total. The minimum absolute atomic E-state index is 0.271. The highest BCUT2D eigenvalue weighted by Crippen LogP contribution is 2.42. The van der Waals surface area contributed by atoms with Crippen LogP contribution in [-0.2, 0) is 7.05 Å². The molecule has 1 saturated carbocycles. The molecule has 3 fully saturated rings. The summed E-state index contributed by atoms with van der Waals surface area (Å²) in [7, 11) is 1.91. The predicted molar refractivity (Wildman–Crippen MR) is 109 cm³/mol. The van der Waals surface area contributed by atoms with Crippen LogP contribution >= 0.6 is 0 Å². The van der Waals surface area contributed by atoms with E-state index < -0.39 is 0 Å². The molecule has 0 spiro atoms. The quantitative estimate of drug-likeness (QED) is 0.741. The van der Waals surface area contributed by atoms with E-state index in [9.17, 15) is 0 Å². The van der Waals surface area contributed by atoms with Gasteiger partial charge < -0.3 is 9.88 Å². The summed E-state index contributed by atoms with van der Waals surface area (Å²) in [6, 6.07) is 6.30. The van der Waals surface area contributed by atoms with Crippen LogP contribution in [0.2, 0.25) is 0 Å². The summed E-state index contributed by atoms with van der Waals surface area (Å²) in [4.78, 5) is 18.0. The van der Waals surface area contributed by atoms with Gasteiger partial charge in [0.1, 0.15) is 11.3 Å². The summed E-state index contributed by atoms with van der Waals surface area (Å²) in [6.07, 6.45) is 10.3. The van der Waals surface area contributed by atoms with E-state index in [1.54, 1.807) is 4.68 Å². The lowest BCUT2D eigenvalue weighted by Gasteiger charge is -2.49. The van der Waals surface area contributed by atoms with Crippen LogP contribution in [0, 0.1) is 17.2 Å². The van der Waals surface area contributed by atoms with Crippen LogP contribution in [0.4, 0.5) is 5.69 Å². The Morgan fingerprint density at radius 2 is 1.97 bits per heavy atom. The van der Waals surface area contributed by atoms with Gasteiger partial charge in [-0.05, 0) is 31.7 Å². The van der Waals surface area contributed by atoms with Gasteiger partial charge in [0.25, 0.3) is 0 Å². The van der Waals surface area contributed by atoms with E-state index in [1.807, 2.05) is 25.6 Å². The first-order chi connectivity index (χ1) is 14.2. The number of imidazole rings is 1. The zero-order valence-electron chi connectivity index (χ0n) is 16.5. The van der Waals surface area contributed by atoms with Crippen molar-refractivity contribution in [3.63, 3.8) is 0 Å². The monoisotopic (exact) mass is 388 g/mol. The van der Waals surface area contributed by atoms with Crippen LogP contribution in [0.3, 0.4) is 0 Å². The second kappa shape index (κ2) is 6.29. The number of nitriles is 1. The third kappa shape index (κ3) is 2.64. The maximum absolute atomic E-state index is 9.13. The van der Waals surface area contributed by atoms with Crippen molar-refractivity contribution in [1.82, 2.24) is 29.6 Å². The molecule has 1 unspecified atom stereocenters. The number of nitrogens with one attached hydrogen (secondary N) is 1. The van der Waals surface area contributed by atoms with E-state index >= 15 is 0 Å². The minimum atomic E-state index is 0.271. The molecule has 8 heteroatoms. The van der Waals surface area contributed by atoms with E-state index in [4.69, 9.17) is 10.2 Å². The molecule has 148 valence electrons. The van der Waals surface area contributed by atoms with Gasteiger partial charge in [-0.15, -0.1) is 0 Å². The smallest absolute Gasteiger partial charge is 0.159 e. The zero-order valence-corrected chi connectivity index (χ0v) is 16.5. The Hall–Kier alpha value is -2.92. The molecule has 3 aromatic rings. The molecule has 5 heterocycles.